The summed E-state index contributed by atoms with van der Waals surface area (Å²) in [5, 5.41) is 0. The lowest BCUT2D eigenvalue weighted by atomic mass is 10.1. The van der Waals surface area contributed by atoms with Crippen molar-refractivity contribution < 1.29 is 14.3 Å². The number of hydrogen-bond acceptors (Lipinski definition) is 3. The highest BCUT2D eigenvalue weighted by Gasteiger charge is 2.11. The van der Waals surface area contributed by atoms with Crippen LogP contribution in [0.1, 0.15) is 13.8 Å². The molecular formula is C11H18O3. The van der Waals surface area contributed by atoms with Crippen molar-refractivity contribution in [3.63, 3.8) is 0 Å². The maximum atomic E-state index is 11.2. The fourth-order valence-electron chi connectivity index (χ4n) is 0.688. The van der Waals surface area contributed by atoms with Gasteiger partial charge < -0.3 is 9.47 Å². The first-order valence-corrected chi connectivity index (χ1v) is 4.64. The quantitative estimate of drug-likeness (QED) is 0.271. The topological polar surface area (TPSA) is 35.5 Å². The third kappa shape index (κ3) is 5.54. The van der Waals surface area contributed by atoms with Gasteiger partial charge in [-0.25, -0.2) is 4.79 Å². The van der Waals surface area contributed by atoms with Crippen LogP contribution in [0.2, 0.25) is 0 Å². The molecule has 0 bridgehead atoms. The number of hydrogen-bond donors (Lipinski definition) is 0. The van der Waals surface area contributed by atoms with Crippen LogP contribution in [0.4, 0.5) is 0 Å². The van der Waals surface area contributed by atoms with Crippen LogP contribution in [0.3, 0.4) is 0 Å². The van der Waals surface area contributed by atoms with Crippen LogP contribution >= 0.6 is 0 Å². The smallest absolute Gasteiger partial charge is 0.333 e. The highest BCUT2D eigenvalue weighted by atomic mass is 16.6. The molecule has 0 aliphatic heterocycles. The third-order valence-electron chi connectivity index (χ3n) is 1.66. The molecule has 0 aliphatic carbocycles. The number of rotatable bonds is 7. The predicted molar refractivity (Wildman–Crippen MR) is 56.0 cm³/mol. The molecule has 0 aliphatic rings. The van der Waals surface area contributed by atoms with Crippen molar-refractivity contribution in [1.29, 1.82) is 0 Å². The van der Waals surface area contributed by atoms with Gasteiger partial charge >= 0.3 is 5.97 Å². The second-order valence-electron chi connectivity index (χ2n) is 3.18. The lowest BCUT2D eigenvalue weighted by Gasteiger charge is -2.09. The van der Waals surface area contributed by atoms with Crippen molar-refractivity contribution in [3.05, 3.63) is 24.8 Å². The Bertz CT molecular complexity index is 207. The molecule has 0 saturated carbocycles. The van der Waals surface area contributed by atoms with Gasteiger partial charge in [0.25, 0.3) is 0 Å². The van der Waals surface area contributed by atoms with Gasteiger partial charge in [0.05, 0.1) is 13.2 Å². The fraction of sp³-hybridized carbons (Fsp3) is 0.545. The first-order valence-electron chi connectivity index (χ1n) is 4.64. The summed E-state index contributed by atoms with van der Waals surface area (Å²) in [5.41, 5.74) is 0.494. The van der Waals surface area contributed by atoms with Crippen LogP contribution in [-0.4, -0.2) is 25.8 Å². The zero-order valence-electron chi connectivity index (χ0n) is 8.91. The molecule has 0 aromatic rings. The van der Waals surface area contributed by atoms with Crippen molar-refractivity contribution in [2.75, 3.05) is 19.8 Å². The molecule has 0 atom stereocenters. The van der Waals surface area contributed by atoms with E-state index in [4.69, 9.17) is 9.47 Å². The predicted octanol–water partition coefficient (Wildman–Crippen LogP) is 1.94. The Hall–Kier alpha value is -1.09. The molecule has 0 N–H and O–H groups in total. The van der Waals surface area contributed by atoms with Crippen LogP contribution in [-0.2, 0) is 14.3 Å². The van der Waals surface area contributed by atoms with E-state index in [2.05, 4.69) is 13.2 Å². The Morgan fingerprint density at radius 3 is 2.57 bits per heavy atom. The van der Waals surface area contributed by atoms with E-state index in [-0.39, 0.29) is 18.5 Å². The monoisotopic (exact) mass is 198 g/mol. The van der Waals surface area contributed by atoms with Gasteiger partial charge in [-0.15, -0.1) is 6.58 Å². The van der Waals surface area contributed by atoms with E-state index in [0.717, 1.165) is 0 Å². The van der Waals surface area contributed by atoms with Gasteiger partial charge in [0, 0.05) is 5.57 Å². The fourth-order valence-corrected chi connectivity index (χ4v) is 0.688. The molecule has 0 heterocycles. The molecule has 3 heteroatoms. The summed E-state index contributed by atoms with van der Waals surface area (Å²) in [4.78, 5) is 11.2. The largest absolute Gasteiger partial charge is 0.460 e. The second-order valence-corrected chi connectivity index (χ2v) is 3.18. The van der Waals surface area contributed by atoms with Gasteiger partial charge in [-0.1, -0.05) is 26.5 Å². The molecular weight excluding hydrogens is 180 g/mol. The van der Waals surface area contributed by atoms with Gasteiger partial charge in [0.1, 0.15) is 6.61 Å². The van der Waals surface area contributed by atoms with Crippen LogP contribution in [0, 0.1) is 5.92 Å². The zero-order valence-corrected chi connectivity index (χ0v) is 8.91. The Balaban J connectivity index is 3.54. The SMILES string of the molecule is C=CCOCCOC(=O)C(=C)C(C)C. The second kappa shape index (κ2) is 7.33. The number of ether oxygens (including phenoxy) is 2. The molecule has 3 nitrogen and oxygen atoms in total. The first-order chi connectivity index (χ1) is 6.59. The van der Waals surface area contributed by atoms with E-state index in [1.54, 1.807) is 6.08 Å². The standard InChI is InChI=1S/C11H18O3/c1-5-6-13-7-8-14-11(12)10(4)9(2)3/h5,9H,1,4,6-8H2,2-3H3. The van der Waals surface area contributed by atoms with E-state index in [0.29, 0.717) is 18.8 Å². The van der Waals surface area contributed by atoms with Gasteiger partial charge in [-0.05, 0) is 5.92 Å². The van der Waals surface area contributed by atoms with E-state index in [9.17, 15) is 4.79 Å². The van der Waals surface area contributed by atoms with E-state index < -0.39 is 0 Å². The number of carbonyl (C=O) groups is 1. The molecule has 0 rings (SSSR count). The van der Waals surface area contributed by atoms with Crippen LogP contribution in [0.15, 0.2) is 24.8 Å². The summed E-state index contributed by atoms with van der Waals surface area (Å²) in [6, 6.07) is 0. The molecule has 0 aromatic carbocycles. The molecule has 0 spiro atoms. The zero-order chi connectivity index (χ0) is 11.0. The molecule has 0 unspecified atom stereocenters. The molecule has 0 fully saturated rings. The van der Waals surface area contributed by atoms with Gasteiger partial charge in [0.2, 0.25) is 0 Å². The minimum absolute atomic E-state index is 0.122. The maximum Gasteiger partial charge on any atom is 0.333 e. The minimum Gasteiger partial charge on any atom is -0.460 e. The summed E-state index contributed by atoms with van der Waals surface area (Å²) < 4.78 is 9.96. The van der Waals surface area contributed by atoms with Gasteiger partial charge in [-0.2, -0.15) is 0 Å². The normalized spacial score (nSPS) is 9.93. The van der Waals surface area contributed by atoms with Crippen molar-refractivity contribution in [2.45, 2.75) is 13.8 Å². The van der Waals surface area contributed by atoms with Gasteiger partial charge in [-0.3, -0.25) is 0 Å². The Morgan fingerprint density at radius 2 is 2.07 bits per heavy atom. The average Bonchev–Trinajstić information content (AvgIpc) is 2.16. The van der Waals surface area contributed by atoms with E-state index in [1.807, 2.05) is 13.8 Å². The third-order valence-corrected chi connectivity index (χ3v) is 1.66. The molecule has 0 amide bonds. The summed E-state index contributed by atoms with van der Waals surface area (Å²) in [7, 11) is 0. The Labute approximate surface area is 85.4 Å². The van der Waals surface area contributed by atoms with Crippen molar-refractivity contribution in [2.24, 2.45) is 5.92 Å². The van der Waals surface area contributed by atoms with Gasteiger partial charge in [0.15, 0.2) is 0 Å². The van der Waals surface area contributed by atoms with Crippen molar-refractivity contribution in [1.82, 2.24) is 0 Å². The molecule has 80 valence electrons. The summed E-state index contributed by atoms with van der Waals surface area (Å²) in [5.74, 6) is -0.223. The Morgan fingerprint density at radius 1 is 1.43 bits per heavy atom. The lowest BCUT2D eigenvalue weighted by molar-refractivity contribution is -0.140. The van der Waals surface area contributed by atoms with E-state index >= 15 is 0 Å². The van der Waals surface area contributed by atoms with Crippen LogP contribution < -0.4 is 0 Å². The van der Waals surface area contributed by atoms with Crippen LogP contribution in [0.5, 0.6) is 0 Å². The first kappa shape index (κ1) is 12.9. The molecule has 0 saturated heterocycles. The maximum absolute atomic E-state index is 11.2. The summed E-state index contributed by atoms with van der Waals surface area (Å²) in [6.07, 6.45) is 1.65. The number of carbonyl (C=O) groups excluding carboxylic acids is 1. The van der Waals surface area contributed by atoms with E-state index in [1.165, 1.54) is 0 Å². The van der Waals surface area contributed by atoms with Crippen LogP contribution in [0.25, 0.3) is 0 Å². The summed E-state index contributed by atoms with van der Waals surface area (Å²) in [6.45, 7) is 12.1. The highest BCUT2D eigenvalue weighted by Crippen LogP contribution is 2.07. The summed E-state index contributed by atoms with van der Waals surface area (Å²) >= 11 is 0. The molecule has 0 aromatic heterocycles. The van der Waals surface area contributed by atoms with Crippen molar-refractivity contribution >= 4 is 5.97 Å². The minimum atomic E-state index is -0.345. The number of esters is 1. The molecule has 14 heavy (non-hydrogen) atoms. The van der Waals surface area contributed by atoms with Crippen molar-refractivity contribution in [3.8, 4) is 0 Å². The average molecular weight is 198 g/mol. The highest BCUT2D eigenvalue weighted by molar-refractivity contribution is 5.88. The Kier molecular flexibility index (Phi) is 6.76. The lowest BCUT2D eigenvalue weighted by Crippen LogP contribution is -2.14. The molecule has 0 radical (unpaired) electrons.